The molecule has 0 aliphatic heterocycles. The zero-order chi connectivity index (χ0) is 28.6. The van der Waals surface area contributed by atoms with Crippen molar-refractivity contribution in [1.29, 1.82) is 0 Å². The summed E-state index contributed by atoms with van der Waals surface area (Å²) in [6.45, 7) is 0. The lowest BCUT2D eigenvalue weighted by atomic mass is 9.67. The molecule has 1 nitrogen and oxygen atoms in total. The third-order valence-corrected chi connectivity index (χ3v) is 8.77. The summed E-state index contributed by atoms with van der Waals surface area (Å²) < 4.78 is 0. The number of hydrogen-bond donors (Lipinski definition) is 0. The fraction of sp³-hybridized carbons (Fsp3) is 0.0238. The highest BCUT2D eigenvalue weighted by atomic mass is 14.7. The van der Waals surface area contributed by atoms with Crippen molar-refractivity contribution < 1.29 is 0 Å². The molecule has 6 aromatic carbocycles. The summed E-state index contributed by atoms with van der Waals surface area (Å²) in [7, 11) is 0. The molecule has 1 aromatic heterocycles. The van der Waals surface area contributed by atoms with Crippen LogP contribution >= 0.6 is 0 Å². The van der Waals surface area contributed by atoms with Gasteiger partial charge in [-0.15, -0.1) is 0 Å². The van der Waals surface area contributed by atoms with Crippen LogP contribution in [-0.2, 0) is 5.41 Å². The Kier molecular flexibility index (Phi) is 6.09. The van der Waals surface area contributed by atoms with Crippen LogP contribution in [0.1, 0.15) is 22.3 Å². The molecule has 1 heterocycles. The molecule has 0 radical (unpaired) electrons. The van der Waals surface area contributed by atoms with Gasteiger partial charge in [0, 0.05) is 11.1 Å². The van der Waals surface area contributed by atoms with Crippen LogP contribution < -0.4 is 0 Å². The van der Waals surface area contributed by atoms with Crippen molar-refractivity contribution in [3.05, 3.63) is 198 Å². The van der Waals surface area contributed by atoms with Gasteiger partial charge >= 0.3 is 0 Å². The highest BCUT2D eigenvalue weighted by molar-refractivity contribution is 5.86. The maximum absolute atomic E-state index is 5.08. The second-order valence-electron chi connectivity index (χ2n) is 11.1. The molecule has 0 fully saturated rings. The standard InChI is InChI=1S/C42H29N/c1-4-14-31(15-5-1)40-28-33(29-41(43-40)32-16-6-2-7-17-32)30-24-26-35(27-25-30)42(34-18-8-3-9-19-34)38-22-12-10-20-36(38)37-21-11-13-23-39(37)42/h1-29H. The van der Waals surface area contributed by atoms with Crippen LogP contribution in [0.15, 0.2) is 176 Å². The van der Waals surface area contributed by atoms with Gasteiger partial charge in [0.2, 0.25) is 0 Å². The topological polar surface area (TPSA) is 12.9 Å². The van der Waals surface area contributed by atoms with E-state index < -0.39 is 5.41 Å². The lowest BCUT2D eigenvalue weighted by Gasteiger charge is -2.34. The monoisotopic (exact) mass is 547 g/mol. The summed E-state index contributed by atoms with van der Waals surface area (Å²) >= 11 is 0. The van der Waals surface area contributed by atoms with Gasteiger partial charge in [0.15, 0.2) is 0 Å². The van der Waals surface area contributed by atoms with E-state index in [1.54, 1.807) is 0 Å². The van der Waals surface area contributed by atoms with Gasteiger partial charge in [-0.05, 0) is 56.6 Å². The lowest BCUT2D eigenvalue weighted by molar-refractivity contribution is 0.768. The first-order valence-corrected chi connectivity index (χ1v) is 14.8. The molecule has 43 heavy (non-hydrogen) atoms. The van der Waals surface area contributed by atoms with Crippen molar-refractivity contribution in [2.75, 3.05) is 0 Å². The second-order valence-corrected chi connectivity index (χ2v) is 11.1. The molecule has 7 aromatic rings. The van der Waals surface area contributed by atoms with Gasteiger partial charge in [0.05, 0.1) is 16.8 Å². The van der Waals surface area contributed by atoms with Crippen LogP contribution in [0.3, 0.4) is 0 Å². The van der Waals surface area contributed by atoms with Crippen LogP contribution in [0.4, 0.5) is 0 Å². The third-order valence-electron chi connectivity index (χ3n) is 8.77. The van der Waals surface area contributed by atoms with Gasteiger partial charge in [-0.25, -0.2) is 4.98 Å². The predicted molar refractivity (Wildman–Crippen MR) is 178 cm³/mol. The normalized spacial score (nSPS) is 12.8. The molecule has 0 spiro atoms. The fourth-order valence-corrected chi connectivity index (χ4v) is 6.84. The van der Waals surface area contributed by atoms with Gasteiger partial charge in [-0.1, -0.05) is 164 Å². The summed E-state index contributed by atoms with van der Waals surface area (Å²) in [5, 5.41) is 0. The first-order valence-electron chi connectivity index (χ1n) is 14.8. The summed E-state index contributed by atoms with van der Waals surface area (Å²) in [6, 6.07) is 63.3. The van der Waals surface area contributed by atoms with E-state index in [9.17, 15) is 0 Å². The molecular formula is C42H29N. The Balaban J connectivity index is 1.31. The lowest BCUT2D eigenvalue weighted by Crippen LogP contribution is -2.28. The molecule has 0 unspecified atom stereocenters. The Hall–Kier alpha value is -5.53. The maximum atomic E-state index is 5.08. The van der Waals surface area contributed by atoms with Crippen LogP contribution in [-0.4, -0.2) is 4.98 Å². The largest absolute Gasteiger partial charge is 0.248 e. The molecule has 8 rings (SSSR count). The number of pyridine rings is 1. The Morgan fingerprint density at radius 1 is 0.326 bits per heavy atom. The Morgan fingerprint density at radius 3 is 1.26 bits per heavy atom. The minimum Gasteiger partial charge on any atom is -0.248 e. The SMILES string of the molecule is c1ccc(-c2cc(-c3ccc(C4(c5ccccc5)c5ccccc5-c5ccccc54)cc3)cc(-c3ccccc3)n2)cc1. The van der Waals surface area contributed by atoms with Crippen molar-refractivity contribution >= 4 is 0 Å². The Bertz CT molecular complexity index is 1940. The number of rotatable bonds is 5. The molecular weight excluding hydrogens is 518 g/mol. The van der Waals surface area contributed by atoms with E-state index in [1.165, 1.54) is 38.9 Å². The van der Waals surface area contributed by atoms with E-state index in [0.717, 1.165) is 28.1 Å². The highest BCUT2D eigenvalue weighted by Crippen LogP contribution is 2.56. The zero-order valence-corrected chi connectivity index (χ0v) is 23.7. The van der Waals surface area contributed by atoms with E-state index in [2.05, 4.69) is 164 Å². The molecule has 0 amide bonds. The molecule has 202 valence electrons. The van der Waals surface area contributed by atoms with E-state index in [1.807, 2.05) is 12.1 Å². The first kappa shape index (κ1) is 25.2. The van der Waals surface area contributed by atoms with Crippen molar-refractivity contribution in [1.82, 2.24) is 4.98 Å². The van der Waals surface area contributed by atoms with Crippen molar-refractivity contribution in [3.63, 3.8) is 0 Å². The number of fused-ring (bicyclic) bond motifs is 3. The van der Waals surface area contributed by atoms with Gasteiger partial charge in [-0.3, -0.25) is 0 Å². The van der Waals surface area contributed by atoms with Gasteiger partial charge in [-0.2, -0.15) is 0 Å². The zero-order valence-electron chi connectivity index (χ0n) is 23.7. The highest BCUT2D eigenvalue weighted by Gasteiger charge is 2.45. The molecule has 0 bridgehead atoms. The van der Waals surface area contributed by atoms with Crippen molar-refractivity contribution in [2.24, 2.45) is 0 Å². The summed E-state index contributed by atoms with van der Waals surface area (Å²) in [5.74, 6) is 0. The molecule has 1 heteroatoms. The summed E-state index contributed by atoms with van der Waals surface area (Å²) in [4.78, 5) is 5.08. The Labute approximate surface area is 252 Å². The average molecular weight is 548 g/mol. The minimum absolute atomic E-state index is 0.393. The Morgan fingerprint density at radius 2 is 0.744 bits per heavy atom. The number of aromatic nitrogens is 1. The average Bonchev–Trinajstić information content (AvgIpc) is 3.40. The van der Waals surface area contributed by atoms with Gasteiger partial charge in [0.1, 0.15) is 0 Å². The van der Waals surface area contributed by atoms with Gasteiger partial charge in [0.25, 0.3) is 0 Å². The van der Waals surface area contributed by atoms with E-state index in [0.29, 0.717) is 0 Å². The molecule has 1 aliphatic rings. The van der Waals surface area contributed by atoms with Crippen LogP contribution in [0.2, 0.25) is 0 Å². The third kappa shape index (κ3) is 4.13. The predicted octanol–water partition coefficient (Wildman–Crippen LogP) is 10.4. The molecule has 0 atom stereocenters. The maximum Gasteiger partial charge on any atom is 0.0715 e. The van der Waals surface area contributed by atoms with E-state index >= 15 is 0 Å². The summed E-state index contributed by atoms with van der Waals surface area (Å²) in [6.07, 6.45) is 0. The number of benzene rings is 6. The minimum atomic E-state index is -0.393. The van der Waals surface area contributed by atoms with Crippen molar-refractivity contribution in [2.45, 2.75) is 5.41 Å². The molecule has 0 saturated carbocycles. The van der Waals surface area contributed by atoms with Crippen LogP contribution in [0.25, 0.3) is 44.8 Å². The first-order chi connectivity index (χ1) is 21.3. The quantitative estimate of drug-likeness (QED) is 0.209. The molecule has 0 N–H and O–H groups in total. The second kappa shape index (κ2) is 10.4. The smallest absolute Gasteiger partial charge is 0.0715 e. The van der Waals surface area contributed by atoms with Crippen LogP contribution in [0, 0.1) is 0 Å². The number of hydrogen-bond acceptors (Lipinski definition) is 1. The summed E-state index contributed by atoms with van der Waals surface area (Å²) in [5.41, 5.74) is 13.9. The van der Waals surface area contributed by atoms with Crippen molar-refractivity contribution in [3.8, 4) is 44.8 Å². The fourth-order valence-electron chi connectivity index (χ4n) is 6.84. The number of nitrogens with zero attached hydrogens (tertiary/aromatic N) is 1. The van der Waals surface area contributed by atoms with E-state index in [4.69, 9.17) is 4.98 Å². The van der Waals surface area contributed by atoms with Crippen LogP contribution in [0.5, 0.6) is 0 Å². The molecule has 0 saturated heterocycles. The molecule has 1 aliphatic carbocycles. The van der Waals surface area contributed by atoms with Gasteiger partial charge < -0.3 is 0 Å². The van der Waals surface area contributed by atoms with E-state index in [-0.39, 0.29) is 0 Å².